The van der Waals surface area contributed by atoms with Gasteiger partial charge in [-0.2, -0.15) is 9.29 Å². The van der Waals surface area contributed by atoms with E-state index in [0.29, 0.717) is 12.2 Å². The van der Waals surface area contributed by atoms with Gasteiger partial charge in [0.15, 0.2) is 10.7 Å². The number of nitrogens with zero attached hydrogens (tertiary/aromatic N) is 4. The SMILES string of the molecule is CN(C)c1cncc(OC2CCN(S(=O)(=O)c3c(F)cccc3F)C2)n1. The summed E-state index contributed by atoms with van der Waals surface area (Å²) in [5, 5.41) is 0. The highest BCUT2D eigenvalue weighted by atomic mass is 32.2. The van der Waals surface area contributed by atoms with E-state index in [-0.39, 0.29) is 19.0 Å². The first kappa shape index (κ1) is 18.5. The molecule has 0 aliphatic carbocycles. The average Bonchev–Trinajstić information content (AvgIpc) is 3.04. The van der Waals surface area contributed by atoms with Gasteiger partial charge in [-0.1, -0.05) is 6.07 Å². The minimum absolute atomic E-state index is 0.0238. The van der Waals surface area contributed by atoms with Gasteiger partial charge in [-0.25, -0.2) is 17.2 Å². The molecule has 2 aromatic rings. The zero-order valence-electron chi connectivity index (χ0n) is 14.3. The van der Waals surface area contributed by atoms with Crippen LogP contribution in [0.2, 0.25) is 0 Å². The lowest BCUT2D eigenvalue weighted by Gasteiger charge is -2.18. The summed E-state index contributed by atoms with van der Waals surface area (Å²) in [6, 6.07) is 2.96. The van der Waals surface area contributed by atoms with E-state index in [4.69, 9.17) is 4.74 Å². The normalized spacial score (nSPS) is 18.1. The Morgan fingerprint density at radius 3 is 2.58 bits per heavy atom. The predicted octanol–water partition coefficient (Wildman–Crippen LogP) is 1.66. The summed E-state index contributed by atoms with van der Waals surface area (Å²) in [6.07, 6.45) is 2.90. The minimum atomic E-state index is -4.29. The van der Waals surface area contributed by atoms with E-state index >= 15 is 0 Å². The van der Waals surface area contributed by atoms with E-state index in [1.54, 1.807) is 25.2 Å². The van der Waals surface area contributed by atoms with Gasteiger partial charge in [0.05, 0.1) is 18.9 Å². The van der Waals surface area contributed by atoms with Gasteiger partial charge in [-0.3, -0.25) is 4.98 Å². The van der Waals surface area contributed by atoms with Gasteiger partial charge in [-0.15, -0.1) is 0 Å². The summed E-state index contributed by atoms with van der Waals surface area (Å²) in [7, 11) is -0.675. The maximum absolute atomic E-state index is 13.9. The first-order chi connectivity index (χ1) is 12.3. The molecule has 3 rings (SSSR count). The molecule has 26 heavy (non-hydrogen) atoms. The summed E-state index contributed by atoms with van der Waals surface area (Å²) in [5.74, 6) is -1.37. The zero-order chi connectivity index (χ0) is 18.9. The maximum Gasteiger partial charge on any atom is 0.249 e. The molecular formula is C16H18F2N4O3S. The Morgan fingerprint density at radius 2 is 1.92 bits per heavy atom. The molecule has 1 aliphatic heterocycles. The van der Waals surface area contributed by atoms with E-state index in [1.807, 2.05) is 0 Å². The van der Waals surface area contributed by atoms with Crippen molar-refractivity contribution < 1.29 is 21.9 Å². The van der Waals surface area contributed by atoms with Crippen LogP contribution in [0, 0.1) is 11.6 Å². The molecule has 0 N–H and O–H groups in total. The molecule has 10 heteroatoms. The number of anilines is 1. The van der Waals surface area contributed by atoms with Gasteiger partial charge >= 0.3 is 0 Å². The molecule has 140 valence electrons. The van der Waals surface area contributed by atoms with Gasteiger partial charge in [-0.05, 0) is 18.6 Å². The van der Waals surface area contributed by atoms with Gasteiger partial charge in [0, 0.05) is 20.6 Å². The fourth-order valence-corrected chi connectivity index (χ4v) is 4.25. The number of hydrogen-bond acceptors (Lipinski definition) is 6. The summed E-state index contributed by atoms with van der Waals surface area (Å²) in [4.78, 5) is 9.11. The van der Waals surface area contributed by atoms with Gasteiger partial charge < -0.3 is 9.64 Å². The summed E-state index contributed by atoms with van der Waals surface area (Å²) >= 11 is 0. The third-order valence-corrected chi connectivity index (χ3v) is 5.89. The lowest BCUT2D eigenvalue weighted by molar-refractivity contribution is 0.206. The maximum atomic E-state index is 13.9. The van der Waals surface area contributed by atoms with E-state index in [2.05, 4.69) is 9.97 Å². The topological polar surface area (TPSA) is 75.6 Å². The summed E-state index contributed by atoms with van der Waals surface area (Å²) in [6.45, 7) is 0.0750. The van der Waals surface area contributed by atoms with Crippen molar-refractivity contribution in [2.45, 2.75) is 17.4 Å². The van der Waals surface area contributed by atoms with Crippen molar-refractivity contribution in [2.24, 2.45) is 0 Å². The number of aromatic nitrogens is 2. The Kier molecular flexibility index (Phi) is 5.05. The number of benzene rings is 1. The first-order valence-electron chi connectivity index (χ1n) is 7.89. The second-order valence-corrected chi connectivity index (χ2v) is 7.93. The molecular weight excluding hydrogens is 366 g/mol. The number of rotatable bonds is 5. The highest BCUT2D eigenvalue weighted by Crippen LogP contribution is 2.27. The highest BCUT2D eigenvalue weighted by molar-refractivity contribution is 7.89. The zero-order valence-corrected chi connectivity index (χ0v) is 15.1. The van der Waals surface area contributed by atoms with Crippen LogP contribution in [0.5, 0.6) is 5.88 Å². The fraction of sp³-hybridized carbons (Fsp3) is 0.375. The van der Waals surface area contributed by atoms with Crippen LogP contribution < -0.4 is 9.64 Å². The lowest BCUT2D eigenvalue weighted by atomic mass is 10.3. The van der Waals surface area contributed by atoms with Crippen LogP contribution in [0.4, 0.5) is 14.6 Å². The van der Waals surface area contributed by atoms with Crippen LogP contribution in [0.1, 0.15) is 6.42 Å². The number of hydrogen-bond donors (Lipinski definition) is 0. The molecule has 0 saturated carbocycles. The van der Waals surface area contributed by atoms with Crippen molar-refractivity contribution in [1.29, 1.82) is 0 Å². The number of ether oxygens (including phenoxy) is 1. The quantitative estimate of drug-likeness (QED) is 0.781. The average molecular weight is 384 g/mol. The van der Waals surface area contributed by atoms with Crippen molar-refractivity contribution >= 4 is 15.8 Å². The van der Waals surface area contributed by atoms with Crippen molar-refractivity contribution in [3.05, 3.63) is 42.2 Å². The van der Waals surface area contributed by atoms with Crippen molar-refractivity contribution in [2.75, 3.05) is 32.1 Å². The van der Waals surface area contributed by atoms with Crippen LogP contribution in [0.25, 0.3) is 0 Å². The van der Waals surface area contributed by atoms with Crippen LogP contribution in [0.3, 0.4) is 0 Å². The summed E-state index contributed by atoms with van der Waals surface area (Å²) < 4.78 is 59.6. The molecule has 1 aromatic carbocycles. The van der Waals surface area contributed by atoms with Crippen molar-refractivity contribution in [1.82, 2.24) is 14.3 Å². The van der Waals surface area contributed by atoms with Crippen LogP contribution in [0.15, 0.2) is 35.5 Å². The second kappa shape index (κ2) is 7.12. The smallest absolute Gasteiger partial charge is 0.249 e. The Labute approximate surface area is 150 Å². The molecule has 0 spiro atoms. The molecule has 0 radical (unpaired) electrons. The van der Waals surface area contributed by atoms with Gasteiger partial charge in [0.2, 0.25) is 15.9 Å². The molecule has 0 amide bonds. The van der Waals surface area contributed by atoms with Gasteiger partial charge in [0.1, 0.15) is 17.7 Å². The van der Waals surface area contributed by atoms with Crippen molar-refractivity contribution in [3.8, 4) is 5.88 Å². The predicted molar refractivity (Wildman–Crippen MR) is 90.5 cm³/mol. The lowest BCUT2D eigenvalue weighted by Crippen LogP contribution is -2.32. The number of sulfonamides is 1. The third kappa shape index (κ3) is 3.61. The van der Waals surface area contributed by atoms with E-state index in [9.17, 15) is 17.2 Å². The second-order valence-electron chi connectivity index (χ2n) is 6.05. The summed E-state index contributed by atoms with van der Waals surface area (Å²) in [5.41, 5.74) is 0. The molecule has 1 saturated heterocycles. The minimum Gasteiger partial charge on any atom is -0.472 e. The molecule has 1 aromatic heterocycles. The molecule has 1 unspecified atom stereocenters. The Morgan fingerprint density at radius 1 is 1.23 bits per heavy atom. The molecule has 1 aliphatic rings. The molecule has 1 fully saturated rings. The van der Waals surface area contributed by atoms with E-state index < -0.39 is 32.7 Å². The molecule has 0 bridgehead atoms. The largest absolute Gasteiger partial charge is 0.472 e. The Balaban J connectivity index is 1.75. The molecule has 2 heterocycles. The van der Waals surface area contributed by atoms with Crippen molar-refractivity contribution in [3.63, 3.8) is 0 Å². The number of halogens is 2. The first-order valence-corrected chi connectivity index (χ1v) is 9.33. The van der Waals surface area contributed by atoms with E-state index in [0.717, 1.165) is 22.5 Å². The highest BCUT2D eigenvalue weighted by Gasteiger charge is 2.37. The van der Waals surface area contributed by atoms with Crippen LogP contribution in [-0.4, -0.2) is 56.0 Å². The van der Waals surface area contributed by atoms with E-state index in [1.165, 1.54) is 6.20 Å². The monoisotopic (exact) mass is 384 g/mol. The Bertz CT molecular complexity index is 888. The molecule has 7 nitrogen and oxygen atoms in total. The third-order valence-electron chi connectivity index (χ3n) is 3.97. The van der Waals surface area contributed by atoms with Gasteiger partial charge in [0.25, 0.3) is 0 Å². The fourth-order valence-electron chi connectivity index (χ4n) is 2.65. The van der Waals surface area contributed by atoms with Crippen LogP contribution >= 0.6 is 0 Å². The molecule has 1 atom stereocenters. The van der Waals surface area contributed by atoms with Crippen LogP contribution in [-0.2, 0) is 10.0 Å². The Hall–Kier alpha value is -2.33. The standard InChI is InChI=1S/C16H18F2N4O3S/c1-21(2)14-8-19-9-15(20-14)25-11-6-7-22(10-11)26(23,24)16-12(17)4-3-5-13(16)18/h3-5,8-9,11H,6-7,10H2,1-2H3.